The van der Waals surface area contributed by atoms with E-state index in [2.05, 4.69) is 39.0 Å². The Morgan fingerprint density at radius 3 is 2.29 bits per heavy atom. The maximum absolute atomic E-state index is 12.7. The number of carbonyl (C=O) groups is 1. The molecular formula is C26H41ClN6O2. The molecule has 0 bridgehead atoms. The third-order valence-electron chi connectivity index (χ3n) is 5.11. The molecule has 5 N–H and O–H groups in total. The van der Waals surface area contributed by atoms with Crippen molar-refractivity contribution in [3.05, 3.63) is 53.4 Å². The summed E-state index contributed by atoms with van der Waals surface area (Å²) in [4.78, 5) is 26.6. The first-order chi connectivity index (χ1) is 16.9. The SMILES string of the molecule is CC.CCC.CCO.NC1(C(=O)NCc2ccc(Cl)cc2)CCN(c2ncnc3[nH]ccc23)CC1. The number of anilines is 1. The quantitative estimate of drug-likeness (QED) is 0.410. The Morgan fingerprint density at radius 2 is 1.71 bits per heavy atom. The molecule has 194 valence electrons. The number of benzene rings is 1. The van der Waals surface area contributed by atoms with Crippen molar-refractivity contribution in [2.45, 2.75) is 66.0 Å². The fourth-order valence-corrected chi connectivity index (χ4v) is 3.54. The molecule has 1 aliphatic heterocycles. The molecule has 35 heavy (non-hydrogen) atoms. The molecule has 8 nitrogen and oxygen atoms in total. The minimum Gasteiger partial charge on any atom is -0.397 e. The molecule has 0 atom stereocenters. The Balaban J connectivity index is 0.000000683. The van der Waals surface area contributed by atoms with Gasteiger partial charge in [0, 0.05) is 37.5 Å². The van der Waals surface area contributed by atoms with Crippen LogP contribution in [0.25, 0.3) is 11.0 Å². The van der Waals surface area contributed by atoms with Gasteiger partial charge in [0.2, 0.25) is 5.91 Å². The normalized spacial score (nSPS) is 13.9. The van der Waals surface area contributed by atoms with E-state index in [9.17, 15) is 4.79 Å². The minimum absolute atomic E-state index is 0.119. The van der Waals surface area contributed by atoms with E-state index in [1.165, 1.54) is 6.42 Å². The van der Waals surface area contributed by atoms with Crippen LogP contribution in [-0.4, -0.2) is 51.2 Å². The van der Waals surface area contributed by atoms with E-state index in [0.29, 0.717) is 37.5 Å². The number of fused-ring (bicyclic) bond motifs is 1. The second-order valence-electron chi connectivity index (χ2n) is 7.91. The number of hydrogen-bond acceptors (Lipinski definition) is 6. The number of carbonyl (C=O) groups excluding carboxylic acids is 1. The predicted molar refractivity (Wildman–Crippen MR) is 146 cm³/mol. The fourth-order valence-electron chi connectivity index (χ4n) is 3.42. The van der Waals surface area contributed by atoms with Gasteiger partial charge in [0.15, 0.2) is 0 Å². The molecule has 1 amide bonds. The smallest absolute Gasteiger partial charge is 0.240 e. The molecule has 0 radical (unpaired) electrons. The summed E-state index contributed by atoms with van der Waals surface area (Å²) < 4.78 is 0. The van der Waals surface area contributed by atoms with Crippen molar-refractivity contribution in [1.82, 2.24) is 20.3 Å². The van der Waals surface area contributed by atoms with Gasteiger partial charge in [0.1, 0.15) is 17.8 Å². The molecule has 0 aliphatic carbocycles. The number of aliphatic hydroxyl groups excluding tert-OH is 1. The van der Waals surface area contributed by atoms with E-state index in [1.54, 1.807) is 13.3 Å². The van der Waals surface area contributed by atoms with Gasteiger partial charge < -0.3 is 26.0 Å². The largest absolute Gasteiger partial charge is 0.397 e. The zero-order chi connectivity index (χ0) is 26.3. The highest BCUT2D eigenvalue weighted by Crippen LogP contribution is 2.28. The molecule has 9 heteroatoms. The number of nitrogens with two attached hydrogens (primary N) is 1. The van der Waals surface area contributed by atoms with Gasteiger partial charge in [-0.25, -0.2) is 9.97 Å². The van der Waals surface area contributed by atoms with Crippen LogP contribution in [0.5, 0.6) is 0 Å². The molecule has 0 unspecified atom stereocenters. The van der Waals surface area contributed by atoms with Gasteiger partial charge in [0.25, 0.3) is 0 Å². The average molecular weight is 505 g/mol. The summed E-state index contributed by atoms with van der Waals surface area (Å²) in [5.74, 6) is 0.761. The topological polar surface area (TPSA) is 120 Å². The summed E-state index contributed by atoms with van der Waals surface area (Å²) in [5, 5.41) is 12.2. The van der Waals surface area contributed by atoms with Crippen molar-refractivity contribution in [3.63, 3.8) is 0 Å². The number of nitrogens with zero attached hydrogens (tertiary/aromatic N) is 3. The number of hydrogen-bond donors (Lipinski definition) is 4. The van der Waals surface area contributed by atoms with Gasteiger partial charge >= 0.3 is 0 Å². The van der Waals surface area contributed by atoms with Crippen LogP contribution in [0.15, 0.2) is 42.9 Å². The van der Waals surface area contributed by atoms with E-state index >= 15 is 0 Å². The average Bonchev–Trinajstić information content (AvgIpc) is 3.35. The van der Waals surface area contributed by atoms with Crippen molar-refractivity contribution in [2.24, 2.45) is 5.73 Å². The van der Waals surface area contributed by atoms with E-state index in [1.807, 2.05) is 50.4 Å². The number of aliphatic hydroxyl groups is 1. The lowest BCUT2D eigenvalue weighted by molar-refractivity contribution is -0.127. The third kappa shape index (κ3) is 9.12. The number of nitrogens with one attached hydrogen (secondary N) is 2. The number of aromatic nitrogens is 3. The Kier molecular flexibility index (Phi) is 13.9. The maximum atomic E-state index is 12.7. The Morgan fingerprint density at radius 1 is 1.14 bits per heavy atom. The monoisotopic (exact) mass is 504 g/mol. The molecule has 1 saturated heterocycles. The zero-order valence-corrected chi connectivity index (χ0v) is 22.4. The molecular weight excluding hydrogens is 464 g/mol. The second-order valence-corrected chi connectivity index (χ2v) is 8.35. The highest BCUT2D eigenvalue weighted by Gasteiger charge is 2.38. The Bertz CT molecular complexity index is 983. The number of H-pyrrole nitrogens is 1. The fraction of sp³-hybridized carbons (Fsp3) is 0.500. The van der Waals surface area contributed by atoms with Crippen LogP contribution in [0.4, 0.5) is 5.82 Å². The first-order valence-corrected chi connectivity index (χ1v) is 12.7. The molecule has 1 aromatic carbocycles. The number of rotatable bonds is 4. The van der Waals surface area contributed by atoms with Crippen LogP contribution in [0, 0.1) is 0 Å². The molecule has 4 rings (SSSR count). The van der Waals surface area contributed by atoms with Crippen LogP contribution in [-0.2, 0) is 11.3 Å². The Labute approximate surface area is 214 Å². The second kappa shape index (κ2) is 16.1. The predicted octanol–water partition coefficient (Wildman–Crippen LogP) is 4.67. The first-order valence-electron chi connectivity index (χ1n) is 12.3. The number of piperidine rings is 1. The summed E-state index contributed by atoms with van der Waals surface area (Å²) in [6.07, 6.45) is 5.78. The van der Waals surface area contributed by atoms with E-state index in [4.69, 9.17) is 22.4 Å². The molecule has 0 spiro atoms. The van der Waals surface area contributed by atoms with Crippen molar-refractivity contribution in [1.29, 1.82) is 0 Å². The van der Waals surface area contributed by atoms with Gasteiger partial charge in [-0.2, -0.15) is 0 Å². The molecule has 3 heterocycles. The number of amides is 1. The van der Waals surface area contributed by atoms with Gasteiger partial charge in [-0.1, -0.05) is 57.8 Å². The summed E-state index contributed by atoms with van der Waals surface area (Å²) in [6, 6.07) is 9.37. The molecule has 1 fully saturated rings. The van der Waals surface area contributed by atoms with Crippen LogP contribution in [0.2, 0.25) is 5.02 Å². The third-order valence-corrected chi connectivity index (χ3v) is 5.36. The highest BCUT2D eigenvalue weighted by molar-refractivity contribution is 6.30. The molecule has 3 aromatic rings. The number of aromatic amines is 1. The summed E-state index contributed by atoms with van der Waals surface area (Å²) in [5.41, 5.74) is 7.36. The number of halogens is 1. The molecule has 2 aromatic heterocycles. The van der Waals surface area contributed by atoms with Gasteiger partial charge in [0.05, 0.1) is 10.9 Å². The van der Waals surface area contributed by atoms with Crippen molar-refractivity contribution in [3.8, 4) is 0 Å². The van der Waals surface area contributed by atoms with Gasteiger partial charge in [-0.15, -0.1) is 0 Å². The van der Waals surface area contributed by atoms with Gasteiger partial charge in [-0.3, -0.25) is 4.79 Å². The van der Waals surface area contributed by atoms with Crippen LogP contribution < -0.4 is 16.0 Å². The summed E-state index contributed by atoms with van der Waals surface area (Å²) >= 11 is 5.89. The Hall–Kier alpha value is -2.68. The highest BCUT2D eigenvalue weighted by atomic mass is 35.5. The lowest BCUT2D eigenvalue weighted by Gasteiger charge is -2.38. The standard InChI is InChI=1S/C19H21ClN6O.C3H8.C2H6O.C2H6/c20-14-3-1-13(2-4-14)11-23-18(27)19(21)6-9-26(10-7-19)17-15-5-8-22-16(15)24-12-25-17;1-3-2;1-2-3;1-2/h1-5,8,12H,6-7,9-11,21H2,(H,23,27)(H,22,24,25);3H2,1-2H3;3H,2H2,1H3;1-2H3. The van der Waals surface area contributed by atoms with Gasteiger partial charge in [-0.05, 0) is 43.5 Å². The summed E-state index contributed by atoms with van der Waals surface area (Å²) in [7, 11) is 0. The molecule has 1 aliphatic rings. The van der Waals surface area contributed by atoms with Crippen LogP contribution >= 0.6 is 11.6 Å². The van der Waals surface area contributed by atoms with E-state index < -0.39 is 5.54 Å². The minimum atomic E-state index is -0.868. The van der Waals surface area contributed by atoms with E-state index in [-0.39, 0.29) is 12.5 Å². The lowest BCUT2D eigenvalue weighted by atomic mass is 9.87. The zero-order valence-electron chi connectivity index (χ0n) is 21.6. The van der Waals surface area contributed by atoms with Crippen molar-refractivity contribution < 1.29 is 9.90 Å². The first kappa shape index (κ1) is 30.4. The van der Waals surface area contributed by atoms with E-state index in [0.717, 1.165) is 22.4 Å². The van der Waals surface area contributed by atoms with Crippen molar-refractivity contribution in [2.75, 3.05) is 24.6 Å². The van der Waals surface area contributed by atoms with Crippen LogP contribution in [0.1, 0.15) is 59.4 Å². The summed E-state index contributed by atoms with van der Waals surface area (Å²) in [6.45, 7) is 12.0. The van der Waals surface area contributed by atoms with Crippen LogP contribution in [0.3, 0.4) is 0 Å². The van der Waals surface area contributed by atoms with Crippen molar-refractivity contribution >= 4 is 34.4 Å². The molecule has 0 saturated carbocycles. The maximum Gasteiger partial charge on any atom is 0.240 e. The lowest BCUT2D eigenvalue weighted by Crippen LogP contribution is -2.59.